The largest absolute Gasteiger partial charge is 0.402 e. The Morgan fingerprint density at radius 1 is 1.09 bits per heavy atom. The zero-order chi connectivity index (χ0) is 15.5. The Kier molecular flexibility index (Phi) is 3.53. The van der Waals surface area contributed by atoms with Crippen LogP contribution in [0.5, 0.6) is 0 Å². The van der Waals surface area contributed by atoms with E-state index in [4.69, 9.17) is 15.9 Å². The second kappa shape index (κ2) is 5.65. The van der Waals surface area contributed by atoms with Crippen LogP contribution in [-0.2, 0) is 9.53 Å². The molecule has 2 aromatic carbocycles. The zero-order valence-electron chi connectivity index (χ0n) is 11.6. The lowest BCUT2D eigenvalue weighted by Crippen LogP contribution is -2.10. The Bertz CT molecular complexity index is 790. The van der Waals surface area contributed by atoms with Crippen LogP contribution >= 0.6 is 0 Å². The van der Waals surface area contributed by atoms with Crippen LogP contribution in [0, 0.1) is 5.41 Å². The van der Waals surface area contributed by atoms with E-state index in [2.05, 4.69) is 4.99 Å². The highest BCUT2D eigenvalue weighted by atomic mass is 16.6. The highest BCUT2D eigenvalue weighted by Crippen LogP contribution is 2.19. The number of ether oxygens (including phenoxy) is 1. The Morgan fingerprint density at radius 2 is 1.77 bits per heavy atom. The molecule has 0 amide bonds. The van der Waals surface area contributed by atoms with E-state index in [0.717, 1.165) is 11.1 Å². The zero-order valence-corrected chi connectivity index (χ0v) is 11.6. The van der Waals surface area contributed by atoms with Gasteiger partial charge >= 0.3 is 5.97 Å². The monoisotopic (exact) mass is 291 g/mol. The number of nitrogens with zero attached hydrogens (tertiary/aromatic N) is 1. The Labute approximate surface area is 127 Å². The molecule has 0 aromatic heterocycles. The normalized spacial score (nSPS) is 15.5. The van der Waals surface area contributed by atoms with Crippen LogP contribution in [0.15, 0.2) is 65.3 Å². The van der Waals surface area contributed by atoms with Crippen molar-refractivity contribution in [2.45, 2.75) is 0 Å². The maximum absolute atomic E-state index is 11.9. The highest BCUT2D eigenvalue weighted by molar-refractivity contribution is 6.12. The van der Waals surface area contributed by atoms with E-state index in [0.29, 0.717) is 11.5 Å². The van der Waals surface area contributed by atoms with Crippen LogP contribution in [0.4, 0.5) is 0 Å². The first-order valence-corrected chi connectivity index (χ1v) is 6.66. The van der Waals surface area contributed by atoms with Crippen LogP contribution in [0.1, 0.15) is 16.7 Å². The number of nitrogens with one attached hydrogen (secondary N) is 1. The summed E-state index contributed by atoms with van der Waals surface area (Å²) in [5.74, 6) is -0.171. The van der Waals surface area contributed by atoms with Crippen molar-refractivity contribution in [2.75, 3.05) is 0 Å². The lowest BCUT2D eigenvalue weighted by atomic mass is 10.1. The van der Waals surface area contributed by atoms with Gasteiger partial charge in [-0.05, 0) is 23.8 Å². The molecular weight excluding hydrogens is 278 g/mol. The fourth-order valence-corrected chi connectivity index (χ4v) is 2.03. The number of rotatable bonds is 3. The van der Waals surface area contributed by atoms with Crippen molar-refractivity contribution in [1.82, 2.24) is 0 Å². The Morgan fingerprint density at radius 3 is 2.41 bits per heavy atom. The van der Waals surface area contributed by atoms with Crippen molar-refractivity contribution >= 4 is 23.8 Å². The predicted molar refractivity (Wildman–Crippen MR) is 84.5 cm³/mol. The van der Waals surface area contributed by atoms with Gasteiger partial charge in [-0.25, -0.2) is 9.79 Å². The number of nitrogen functional groups attached to an aromatic ring is 1. The molecule has 0 fully saturated rings. The molecule has 22 heavy (non-hydrogen) atoms. The minimum Gasteiger partial charge on any atom is -0.402 e. The van der Waals surface area contributed by atoms with Crippen LogP contribution in [-0.4, -0.2) is 17.7 Å². The van der Waals surface area contributed by atoms with Crippen molar-refractivity contribution in [3.05, 3.63) is 77.0 Å². The SMILES string of the molecule is N=C(N)c1ccc(/C=C2\N=C(c3ccccc3)OC2=O)cc1. The van der Waals surface area contributed by atoms with E-state index in [1.807, 2.05) is 30.3 Å². The molecule has 0 saturated heterocycles. The number of esters is 1. The van der Waals surface area contributed by atoms with E-state index in [-0.39, 0.29) is 11.5 Å². The van der Waals surface area contributed by atoms with Crippen molar-refractivity contribution in [1.29, 1.82) is 5.41 Å². The first-order chi connectivity index (χ1) is 10.6. The number of nitrogens with two attached hydrogens (primary N) is 1. The fourth-order valence-electron chi connectivity index (χ4n) is 2.03. The van der Waals surface area contributed by atoms with Gasteiger partial charge in [-0.2, -0.15) is 0 Å². The molecule has 0 atom stereocenters. The molecule has 0 spiro atoms. The average molecular weight is 291 g/mol. The molecule has 0 saturated carbocycles. The summed E-state index contributed by atoms with van der Waals surface area (Å²) in [5, 5.41) is 7.35. The van der Waals surface area contributed by atoms with Gasteiger partial charge in [0.1, 0.15) is 5.84 Å². The number of hydrogen-bond donors (Lipinski definition) is 2. The van der Waals surface area contributed by atoms with Gasteiger partial charge in [-0.1, -0.05) is 42.5 Å². The molecule has 0 radical (unpaired) electrons. The van der Waals surface area contributed by atoms with Gasteiger partial charge in [-0.3, -0.25) is 5.41 Å². The van der Waals surface area contributed by atoms with Crippen molar-refractivity contribution in [3.8, 4) is 0 Å². The minimum atomic E-state index is -0.477. The van der Waals surface area contributed by atoms with E-state index < -0.39 is 5.97 Å². The molecule has 2 aromatic rings. The van der Waals surface area contributed by atoms with Gasteiger partial charge in [-0.15, -0.1) is 0 Å². The molecule has 3 N–H and O–H groups in total. The average Bonchev–Trinajstić information content (AvgIpc) is 2.90. The molecule has 1 aliphatic rings. The third-order valence-corrected chi connectivity index (χ3v) is 3.17. The number of hydrogen-bond acceptors (Lipinski definition) is 4. The Balaban J connectivity index is 1.89. The molecular formula is C17H13N3O2. The summed E-state index contributed by atoms with van der Waals surface area (Å²) in [4.78, 5) is 16.1. The van der Waals surface area contributed by atoms with E-state index in [9.17, 15) is 4.79 Å². The molecule has 0 aliphatic carbocycles. The van der Waals surface area contributed by atoms with Gasteiger partial charge in [0.25, 0.3) is 0 Å². The first kappa shape index (κ1) is 13.8. The third kappa shape index (κ3) is 2.78. The topological polar surface area (TPSA) is 88.5 Å². The van der Waals surface area contributed by atoms with Gasteiger partial charge in [0.15, 0.2) is 5.70 Å². The van der Waals surface area contributed by atoms with Gasteiger partial charge in [0.05, 0.1) is 0 Å². The summed E-state index contributed by atoms with van der Waals surface area (Å²) < 4.78 is 5.18. The number of cyclic esters (lactones) is 1. The lowest BCUT2D eigenvalue weighted by Gasteiger charge is -1.98. The number of aliphatic imine (C=N–C) groups is 1. The second-order valence-electron chi connectivity index (χ2n) is 4.74. The first-order valence-electron chi connectivity index (χ1n) is 6.66. The molecule has 1 heterocycles. The van der Waals surface area contributed by atoms with Gasteiger partial charge in [0.2, 0.25) is 5.90 Å². The molecule has 108 valence electrons. The summed E-state index contributed by atoms with van der Waals surface area (Å²) in [6.45, 7) is 0. The second-order valence-corrected chi connectivity index (χ2v) is 4.74. The quantitative estimate of drug-likeness (QED) is 0.393. The van der Waals surface area contributed by atoms with Crippen molar-refractivity contribution in [2.24, 2.45) is 10.7 Å². The van der Waals surface area contributed by atoms with E-state index in [1.165, 1.54) is 0 Å². The van der Waals surface area contributed by atoms with Crippen molar-refractivity contribution < 1.29 is 9.53 Å². The standard InChI is InChI=1S/C17H13N3O2/c18-15(19)12-8-6-11(7-9-12)10-14-17(21)22-16(20-14)13-4-2-1-3-5-13/h1-10H,(H3,18,19)/b14-10-. The summed E-state index contributed by atoms with van der Waals surface area (Å²) >= 11 is 0. The molecule has 1 aliphatic heterocycles. The van der Waals surface area contributed by atoms with Crippen LogP contribution in [0.2, 0.25) is 0 Å². The molecule has 3 rings (SSSR count). The van der Waals surface area contributed by atoms with Crippen LogP contribution in [0.3, 0.4) is 0 Å². The Hall–Kier alpha value is -3.21. The molecule has 0 bridgehead atoms. The molecule has 0 unspecified atom stereocenters. The number of carbonyl (C=O) groups excluding carboxylic acids is 1. The summed E-state index contributed by atoms with van der Waals surface area (Å²) in [7, 11) is 0. The van der Waals surface area contributed by atoms with E-state index in [1.54, 1.807) is 30.3 Å². The maximum Gasteiger partial charge on any atom is 0.363 e. The fraction of sp³-hybridized carbons (Fsp3) is 0. The molecule has 5 heteroatoms. The van der Waals surface area contributed by atoms with E-state index >= 15 is 0 Å². The maximum atomic E-state index is 11.9. The number of amidine groups is 1. The smallest absolute Gasteiger partial charge is 0.363 e. The predicted octanol–water partition coefficient (Wildman–Crippen LogP) is 2.32. The van der Waals surface area contributed by atoms with Gasteiger partial charge in [0, 0.05) is 11.1 Å². The lowest BCUT2D eigenvalue weighted by molar-refractivity contribution is -0.129. The third-order valence-electron chi connectivity index (χ3n) is 3.17. The highest BCUT2D eigenvalue weighted by Gasteiger charge is 2.23. The number of carbonyl (C=O) groups is 1. The van der Waals surface area contributed by atoms with Gasteiger partial charge < -0.3 is 10.5 Å². The van der Waals surface area contributed by atoms with Crippen LogP contribution < -0.4 is 5.73 Å². The summed E-state index contributed by atoms with van der Waals surface area (Å²) in [5.41, 5.74) is 7.82. The van der Waals surface area contributed by atoms with Crippen molar-refractivity contribution in [3.63, 3.8) is 0 Å². The van der Waals surface area contributed by atoms with Crippen LogP contribution in [0.25, 0.3) is 6.08 Å². The number of benzene rings is 2. The summed E-state index contributed by atoms with van der Waals surface area (Å²) in [6, 6.07) is 16.2. The molecule has 5 nitrogen and oxygen atoms in total. The minimum absolute atomic E-state index is 0.00358. The summed E-state index contributed by atoms with van der Waals surface area (Å²) in [6.07, 6.45) is 1.64.